The van der Waals surface area contributed by atoms with Crippen molar-refractivity contribution in [2.24, 2.45) is 0 Å². The number of rotatable bonds is 5. The van der Waals surface area contributed by atoms with Gasteiger partial charge in [-0.05, 0) is 12.1 Å². The van der Waals surface area contributed by atoms with E-state index in [4.69, 9.17) is 14.5 Å². The quantitative estimate of drug-likeness (QED) is 0.818. The molecule has 3 rings (SSSR count). The van der Waals surface area contributed by atoms with Crippen molar-refractivity contribution < 1.29 is 14.3 Å². The number of methoxy groups -OCH3 is 1. The van der Waals surface area contributed by atoms with E-state index in [1.54, 1.807) is 26.1 Å². The first-order valence-electron chi connectivity index (χ1n) is 8.91. The Hall–Kier alpha value is -2.02. The predicted molar refractivity (Wildman–Crippen MR) is 101 cm³/mol. The Balaban J connectivity index is 1.76. The number of fused-ring (bicyclic) bond motifs is 1. The lowest BCUT2D eigenvalue weighted by atomic mass is 9.98. The summed E-state index contributed by atoms with van der Waals surface area (Å²) >= 11 is 0. The molecule has 6 nitrogen and oxygen atoms in total. The Labute approximate surface area is 154 Å². The zero-order valence-electron chi connectivity index (χ0n) is 15.8. The van der Waals surface area contributed by atoms with Gasteiger partial charge in [-0.1, -0.05) is 24.3 Å². The molecule has 1 atom stereocenters. The summed E-state index contributed by atoms with van der Waals surface area (Å²) in [4.78, 5) is 20.9. The van der Waals surface area contributed by atoms with Crippen LogP contribution in [0.25, 0.3) is 10.9 Å². The van der Waals surface area contributed by atoms with Crippen LogP contribution in [0.1, 0.15) is 12.1 Å². The monoisotopic (exact) mass is 357 g/mol. The Morgan fingerprint density at radius 3 is 2.88 bits per heavy atom. The molecule has 26 heavy (non-hydrogen) atoms. The number of carbonyl (C=O) groups is 1. The van der Waals surface area contributed by atoms with Gasteiger partial charge in [0.1, 0.15) is 5.60 Å². The number of carbonyl (C=O) groups excluding carboxylic acids is 1. The van der Waals surface area contributed by atoms with Crippen molar-refractivity contribution in [2.75, 3.05) is 47.5 Å². The first-order valence-corrected chi connectivity index (χ1v) is 8.91. The maximum absolute atomic E-state index is 12.3. The molecule has 140 valence electrons. The number of hydrogen-bond donors (Lipinski definition) is 0. The average Bonchev–Trinajstić information content (AvgIpc) is 2.84. The van der Waals surface area contributed by atoms with E-state index in [1.807, 2.05) is 18.2 Å². The molecule has 1 fully saturated rings. The van der Waals surface area contributed by atoms with Gasteiger partial charge >= 0.3 is 0 Å². The van der Waals surface area contributed by atoms with E-state index >= 15 is 0 Å². The lowest BCUT2D eigenvalue weighted by molar-refractivity contribution is -0.139. The maximum atomic E-state index is 12.3. The van der Waals surface area contributed by atoms with Crippen LogP contribution in [-0.4, -0.2) is 73.8 Å². The number of hydrogen-bond acceptors (Lipinski definition) is 5. The van der Waals surface area contributed by atoms with Crippen LogP contribution in [0.5, 0.6) is 0 Å². The van der Waals surface area contributed by atoms with E-state index < -0.39 is 5.60 Å². The van der Waals surface area contributed by atoms with Crippen LogP contribution in [-0.2, 0) is 20.8 Å². The highest BCUT2D eigenvalue weighted by Gasteiger charge is 2.37. The fraction of sp³-hybridized carbons (Fsp3) is 0.500. The summed E-state index contributed by atoms with van der Waals surface area (Å²) in [5, 5.41) is 1.14. The first kappa shape index (κ1) is 18.8. The van der Waals surface area contributed by atoms with Gasteiger partial charge in [0.05, 0.1) is 30.8 Å². The SMILES string of the molecule is CO[C@@]1(CC(=O)N(C)C)COCCN(Cc2ccc3ccccc3n2)C1. The molecular formula is C20H27N3O3. The van der Waals surface area contributed by atoms with Crippen molar-refractivity contribution in [3.8, 4) is 0 Å². The fourth-order valence-electron chi connectivity index (χ4n) is 3.28. The lowest BCUT2D eigenvalue weighted by Crippen LogP contribution is -2.48. The van der Waals surface area contributed by atoms with Gasteiger partial charge in [-0.25, -0.2) is 0 Å². The van der Waals surface area contributed by atoms with Gasteiger partial charge < -0.3 is 14.4 Å². The Kier molecular flexibility index (Phi) is 5.86. The van der Waals surface area contributed by atoms with Gasteiger partial charge in [0.25, 0.3) is 0 Å². The largest absolute Gasteiger partial charge is 0.377 e. The molecular weight excluding hydrogens is 330 g/mol. The van der Waals surface area contributed by atoms with Crippen LogP contribution < -0.4 is 0 Å². The normalized spacial score (nSPS) is 21.5. The Morgan fingerprint density at radius 1 is 1.31 bits per heavy atom. The fourth-order valence-corrected chi connectivity index (χ4v) is 3.28. The molecule has 1 aliphatic rings. The molecule has 6 heteroatoms. The van der Waals surface area contributed by atoms with Crippen molar-refractivity contribution in [3.05, 3.63) is 42.1 Å². The highest BCUT2D eigenvalue weighted by atomic mass is 16.5. The highest BCUT2D eigenvalue weighted by molar-refractivity contribution is 5.78. The Bertz CT molecular complexity index is 765. The van der Waals surface area contributed by atoms with E-state index in [-0.39, 0.29) is 5.91 Å². The minimum atomic E-state index is -0.630. The Morgan fingerprint density at radius 2 is 2.12 bits per heavy atom. The van der Waals surface area contributed by atoms with Gasteiger partial charge in [-0.2, -0.15) is 0 Å². The van der Waals surface area contributed by atoms with Crippen LogP contribution in [0.2, 0.25) is 0 Å². The molecule has 1 amide bonds. The molecule has 2 aromatic rings. The predicted octanol–water partition coefficient (Wildman–Crippen LogP) is 1.93. The lowest BCUT2D eigenvalue weighted by Gasteiger charge is -2.34. The van der Waals surface area contributed by atoms with Gasteiger partial charge in [0.2, 0.25) is 5.91 Å². The van der Waals surface area contributed by atoms with Crippen molar-refractivity contribution in [1.82, 2.24) is 14.8 Å². The summed E-state index contributed by atoms with van der Waals surface area (Å²) in [5.41, 5.74) is 1.38. The summed E-state index contributed by atoms with van der Waals surface area (Å²) in [6, 6.07) is 12.3. The molecule has 0 saturated carbocycles. The minimum absolute atomic E-state index is 0.0427. The van der Waals surface area contributed by atoms with Crippen molar-refractivity contribution in [1.29, 1.82) is 0 Å². The molecule has 0 bridgehead atoms. The molecule has 0 spiro atoms. The third-order valence-corrected chi connectivity index (χ3v) is 4.88. The topological polar surface area (TPSA) is 54.9 Å². The smallest absolute Gasteiger partial charge is 0.225 e. The number of nitrogens with zero attached hydrogens (tertiary/aromatic N) is 3. The molecule has 1 aromatic carbocycles. The number of ether oxygens (including phenoxy) is 2. The summed E-state index contributed by atoms with van der Waals surface area (Å²) < 4.78 is 11.5. The van der Waals surface area contributed by atoms with Crippen LogP contribution >= 0.6 is 0 Å². The van der Waals surface area contributed by atoms with Crippen LogP contribution in [0, 0.1) is 0 Å². The zero-order chi connectivity index (χ0) is 18.6. The number of aromatic nitrogens is 1. The highest BCUT2D eigenvalue weighted by Crippen LogP contribution is 2.23. The minimum Gasteiger partial charge on any atom is -0.377 e. The third-order valence-electron chi connectivity index (χ3n) is 4.88. The summed E-state index contributed by atoms with van der Waals surface area (Å²) in [6.07, 6.45) is 0.304. The zero-order valence-corrected chi connectivity index (χ0v) is 15.8. The summed E-state index contributed by atoms with van der Waals surface area (Å²) in [5.74, 6) is 0.0427. The van der Waals surface area contributed by atoms with E-state index in [0.29, 0.717) is 32.7 Å². The van der Waals surface area contributed by atoms with Crippen molar-refractivity contribution in [3.63, 3.8) is 0 Å². The molecule has 1 saturated heterocycles. The molecule has 0 unspecified atom stereocenters. The molecule has 0 N–H and O–H groups in total. The number of amides is 1. The first-order chi connectivity index (χ1) is 12.5. The second kappa shape index (κ2) is 8.12. The number of pyridine rings is 1. The van der Waals surface area contributed by atoms with Crippen molar-refractivity contribution >= 4 is 16.8 Å². The van der Waals surface area contributed by atoms with E-state index in [2.05, 4.69) is 23.1 Å². The van der Waals surface area contributed by atoms with E-state index in [0.717, 1.165) is 23.1 Å². The molecule has 1 aliphatic heterocycles. The van der Waals surface area contributed by atoms with Gasteiger partial charge in [-0.3, -0.25) is 14.7 Å². The van der Waals surface area contributed by atoms with Gasteiger partial charge in [-0.15, -0.1) is 0 Å². The number of benzene rings is 1. The third kappa shape index (κ3) is 4.38. The molecule has 0 aliphatic carbocycles. The van der Waals surface area contributed by atoms with Gasteiger partial charge in [0.15, 0.2) is 0 Å². The summed E-state index contributed by atoms with van der Waals surface area (Å²) in [6.45, 7) is 3.17. The van der Waals surface area contributed by atoms with E-state index in [9.17, 15) is 4.79 Å². The molecule has 0 radical (unpaired) electrons. The van der Waals surface area contributed by atoms with Gasteiger partial charge in [0, 0.05) is 46.2 Å². The summed E-state index contributed by atoms with van der Waals surface area (Å²) in [7, 11) is 5.18. The van der Waals surface area contributed by atoms with Crippen molar-refractivity contribution in [2.45, 2.75) is 18.6 Å². The second-order valence-electron chi connectivity index (χ2n) is 7.11. The molecule has 2 heterocycles. The second-order valence-corrected chi connectivity index (χ2v) is 7.11. The standard InChI is InChI=1S/C20H27N3O3/c1-22(2)19(24)12-20(25-3)14-23(10-11-26-15-20)13-17-9-8-16-6-4-5-7-18(16)21-17/h4-9H,10-15H2,1-3H3/t20-/m1/s1. The maximum Gasteiger partial charge on any atom is 0.225 e. The van der Waals surface area contributed by atoms with Crippen LogP contribution in [0.3, 0.4) is 0 Å². The van der Waals surface area contributed by atoms with E-state index in [1.165, 1.54) is 0 Å². The number of para-hydroxylation sites is 1. The van der Waals surface area contributed by atoms with Crippen LogP contribution in [0.4, 0.5) is 0 Å². The molecule has 1 aromatic heterocycles. The van der Waals surface area contributed by atoms with Crippen LogP contribution in [0.15, 0.2) is 36.4 Å². The average molecular weight is 357 g/mol.